The molecule has 0 aliphatic carbocycles. The third-order valence-corrected chi connectivity index (χ3v) is 4.55. The Kier molecular flexibility index (Phi) is 10.4. The second-order valence-electron chi connectivity index (χ2n) is 6.49. The van der Waals surface area contributed by atoms with Crippen molar-refractivity contribution < 1.29 is 9.84 Å². The van der Waals surface area contributed by atoms with Gasteiger partial charge in [0.1, 0.15) is 0 Å². The first-order valence-corrected chi connectivity index (χ1v) is 9.11. The largest absolute Gasteiger partial charge is 0.390 e. The normalized spacial score (nSPS) is 24.1. The molecule has 2 nitrogen and oxygen atoms in total. The van der Waals surface area contributed by atoms with Crippen LogP contribution in [0.1, 0.15) is 97.3 Å². The fourth-order valence-corrected chi connectivity index (χ4v) is 3.17. The minimum atomic E-state index is -0.225. The van der Waals surface area contributed by atoms with Crippen molar-refractivity contribution in [2.24, 2.45) is 0 Å². The first-order valence-electron chi connectivity index (χ1n) is 9.11. The molecule has 0 spiro atoms. The van der Waals surface area contributed by atoms with Crippen LogP contribution >= 0.6 is 0 Å². The molecule has 1 aliphatic rings. The van der Waals surface area contributed by atoms with Gasteiger partial charge >= 0.3 is 0 Å². The molecule has 1 N–H and O–H groups in total. The Balaban J connectivity index is 2.03. The second kappa shape index (κ2) is 11.6. The monoisotopic (exact) mass is 284 g/mol. The topological polar surface area (TPSA) is 29.5 Å². The van der Waals surface area contributed by atoms with Gasteiger partial charge in [0, 0.05) is 0 Å². The summed E-state index contributed by atoms with van der Waals surface area (Å²) in [5.74, 6) is 0. The zero-order chi connectivity index (χ0) is 14.6. The van der Waals surface area contributed by atoms with Crippen LogP contribution in [0.2, 0.25) is 0 Å². The van der Waals surface area contributed by atoms with E-state index in [1.165, 1.54) is 57.8 Å². The Morgan fingerprint density at radius 3 is 2.25 bits per heavy atom. The molecule has 1 fully saturated rings. The van der Waals surface area contributed by atoms with Crippen molar-refractivity contribution in [1.82, 2.24) is 0 Å². The molecule has 1 aliphatic heterocycles. The average Bonchev–Trinajstić information content (AvgIpc) is 2.92. The van der Waals surface area contributed by atoms with Crippen molar-refractivity contribution in [3.05, 3.63) is 0 Å². The van der Waals surface area contributed by atoms with Crippen LogP contribution in [0, 0.1) is 0 Å². The predicted molar refractivity (Wildman–Crippen MR) is 86.0 cm³/mol. The molecule has 3 atom stereocenters. The molecular weight excluding hydrogens is 248 g/mol. The Morgan fingerprint density at radius 2 is 1.55 bits per heavy atom. The van der Waals surface area contributed by atoms with Crippen LogP contribution in [0.4, 0.5) is 0 Å². The van der Waals surface area contributed by atoms with Crippen LogP contribution in [0.5, 0.6) is 0 Å². The lowest BCUT2D eigenvalue weighted by molar-refractivity contribution is -0.0401. The first kappa shape index (κ1) is 18.0. The quantitative estimate of drug-likeness (QED) is 0.497. The molecule has 0 amide bonds. The first-order chi connectivity index (χ1) is 9.77. The van der Waals surface area contributed by atoms with Crippen molar-refractivity contribution in [2.45, 2.75) is 116 Å². The van der Waals surface area contributed by atoms with Crippen molar-refractivity contribution in [2.75, 3.05) is 0 Å². The fourth-order valence-electron chi connectivity index (χ4n) is 3.17. The lowest BCUT2D eigenvalue weighted by Gasteiger charge is -2.19. The van der Waals surface area contributed by atoms with Crippen LogP contribution < -0.4 is 0 Å². The number of unbranched alkanes of at least 4 members (excludes halogenated alkanes) is 7. The third-order valence-electron chi connectivity index (χ3n) is 4.55. The maximum absolute atomic E-state index is 10.2. The Hall–Kier alpha value is -0.0800. The van der Waals surface area contributed by atoms with E-state index >= 15 is 0 Å². The third kappa shape index (κ3) is 7.64. The minimum absolute atomic E-state index is 0.122. The summed E-state index contributed by atoms with van der Waals surface area (Å²) in [7, 11) is 0. The summed E-state index contributed by atoms with van der Waals surface area (Å²) in [6.45, 7) is 4.48. The van der Waals surface area contributed by atoms with Gasteiger partial charge in [0.05, 0.1) is 18.3 Å². The highest BCUT2D eigenvalue weighted by Gasteiger charge is 2.29. The fraction of sp³-hybridized carbons (Fsp3) is 1.00. The number of ether oxygens (including phenoxy) is 1. The van der Waals surface area contributed by atoms with Gasteiger partial charge in [0.15, 0.2) is 0 Å². The number of aliphatic hydroxyl groups is 1. The highest BCUT2D eigenvalue weighted by atomic mass is 16.5. The number of hydrogen-bond acceptors (Lipinski definition) is 2. The molecule has 0 bridgehead atoms. The van der Waals surface area contributed by atoms with E-state index in [0.717, 1.165) is 25.7 Å². The summed E-state index contributed by atoms with van der Waals surface area (Å²) in [5.41, 5.74) is 0. The van der Waals surface area contributed by atoms with Crippen LogP contribution in [0.3, 0.4) is 0 Å². The molecule has 20 heavy (non-hydrogen) atoms. The lowest BCUT2D eigenvalue weighted by Crippen LogP contribution is -2.26. The highest BCUT2D eigenvalue weighted by molar-refractivity contribution is 4.79. The van der Waals surface area contributed by atoms with Gasteiger partial charge in [-0.25, -0.2) is 0 Å². The summed E-state index contributed by atoms with van der Waals surface area (Å²) in [6.07, 6.45) is 16.3. The molecule has 0 radical (unpaired) electrons. The molecule has 2 heteroatoms. The molecule has 1 saturated heterocycles. The second-order valence-corrected chi connectivity index (χ2v) is 6.49. The molecule has 0 saturated carbocycles. The van der Waals surface area contributed by atoms with E-state index in [1.54, 1.807) is 0 Å². The molecule has 0 aromatic carbocycles. The van der Waals surface area contributed by atoms with E-state index in [0.29, 0.717) is 6.10 Å². The van der Waals surface area contributed by atoms with E-state index in [2.05, 4.69) is 13.8 Å². The zero-order valence-electron chi connectivity index (χ0n) is 13.8. The molecule has 120 valence electrons. The van der Waals surface area contributed by atoms with E-state index in [1.807, 2.05) is 0 Å². The summed E-state index contributed by atoms with van der Waals surface area (Å²) < 4.78 is 6.04. The summed E-state index contributed by atoms with van der Waals surface area (Å²) >= 11 is 0. The minimum Gasteiger partial charge on any atom is -0.390 e. The highest BCUT2D eigenvalue weighted by Crippen LogP contribution is 2.27. The van der Waals surface area contributed by atoms with E-state index in [9.17, 15) is 5.11 Å². The maximum atomic E-state index is 10.2. The lowest BCUT2D eigenvalue weighted by atomic mass is 10.0. The smallest absolute Gasteiger partial charge is 0.0838 e. The maximum Gasteiger partial charge on any atom is 0.0838 e. The van der Waals surface area contributed by atoms with E-state index in [-0.39, 0.29) is 12.2 Å². The number of rotatable bonds is 12. The van der Waals surface area contributed by atoms with Gasteiger partial charge in [-0.05, 0) is 25.7 Å². The summed E-state index contributed by atoms with van der Waals surface area (Å²) in [6, 6.07) is 0. The zero-order valence-corrected chi connectivity index (χ0v) is 13.8. The van der Waals surface area contributed by atoms with Crippen LogP contribution in [-0.4, -0.2) is 23.4 Å². The van der Waals surface area contributed by atoms with E-state index in [4.69, 9.17) is 4.74 Å². The SMILES string of the molecule is CCCCCCC[C@@H]1CC[C@@H]([C@H](O)CCCCCC)O1. The molecule has 0 aromatic rings. The van der Waals surface area contributed by atoms with Crippen molar-refractivity contribution in [3.63, 3.8) is 0 Å². The van der Waals surface area contributed by atoms with Crippen molar-refractivity contribution in [3.8, 4) is 0 Å². The van der Waals surface area contributed by atoms with Crippen LogP contribution in [-0.2, 0) is 4.74 Å². The van der Waals surface area contributed by atoms with Gasteiger partial charge in [0.25, 0.3) is 0 Å². The standard InChI is InChI=1S/C18H36O2/c1-3-5-7-9-10-12-16-14-15-18(20-16)17(19)13-11-8-6-4-2/h16-19H,3-15H2,1-2H3/t16-,17-,18+/m1/s1. The molecule has 1 heterocycles. The number of aliphatic hydroxyl groups excluding tert-OH is 1. The van der Waals surface area contributed by atoms with Gasteiger partial charge in [-0.15, -0.1) is 0 Å². The van der Waals surface area contributed by atoms with Gasteiger partial charge in [-0.3, -0.25) is 0 Å². The number of hydrogen-bond donors (Lipinski definition) is 1. The average molecular weight is 284 g/mol. The van der Waals surface area contributed by atoms with Gasteiger partial charge < -0.3 is 9.84 Å². The van der Waals surface area contributed by atoms with Crippen LogP contribution in [0.25, 0.3) is 0 Å². The molecule has 0 unspecified atom stereocenters. The Bertz CT molecular complexity index is 217. The van der Waals surface area contributed by atoms with E-state index < -0.39 is 0 Å². The molecule has 0 aromatic heterocycles. The van der Waals surface area contributed by atoms with Gasteiger partial charge in [-0.2, -0.15) is 0 Å². The Morgan fingerprint density at radius 1 is 0.900 bits per heavy atom. The van der Waals surface area contributed by atoms with Crippen molar-refractivity contribution >= 4 is 0 Å². The molecule has 1 rings (SSSR count). The predicted octanol–water partition coefficient (Wildman–Crippen LogP) is 5.23. The Labute approximate surface area is 126 Å². The van der Waals surface area contributed by atoms with Gasteiger partial charge in [0.2, 0.25) is 0 Å². The van der Waals surface area contributed by atoms with Crippen LogP contribution in [0.15, 0.2) is 0 Å². The van der Waals surface area contributed by atoms with Crippen molar-refractivity contribution in [1.29, 1.82) is 0 Å². The van der Waals surface area contributed by atoms with Gasteiger partial charge in [-0.1, -0.05) is 71.6 Å². The molecular formula is C18H36O2. The summed E-state index contributed by atoms with van der Waals surface area (Å²) in [4.78, 5) is 0. The summed E-state index contributed by atoms with van der Waals surface area (Å²) in [5, 5.41) is 10.2.